The number of hydrogen-bond donors (Lipinski definition) is 0. The summed E-state index contributed by atoms with van der Waals surface area (Å²) in [5.74, 6) is -4.33. The van der Waals surface area contributed by atoms with Crippen molar-refractivity contribution < 1.29 is 62.2 Å². The number of allylic oxidation sites excluding steroid dienone is 1. The Morgan fingerprint density at radius 2 is 2.07 bits per heavy atom. The van der Waals surface area contributed by atoms with Crippen LogP contribution in [0.4, 0.5) is 0 Å². The zero-order chi connectivity index (χ0) is 20.6. The smallest absolute Gasteiger partial charge is 0.543 e. The number of fused-ring (bicyclic) bond motifs is 1. The number of esters is 1. The second-order valence-corrected chi connectivity index (χ2v) is 8.30. The first-order valence-corrected chi connectivity index (χ1v) is 9.84. The Morgan fingerprint density at radius 1 is 1.38 bits per heavy atom. The van der Waals surface area contributed by atoms with Crippen molar-refractivity contribution in [3.8, 4) is 0 Å². The molecule has 2 aliphatic heterocycles. The van der Waals surface area contributed by atoms with Crippen molar-refractivity contribution in [2.45, 2.75) is 5.37 Å². The molecule has 0 aromatic carbocycles. The van der Waals surface area contributed by atoms with Gasteiger partial charge in [-0.2, -0.15) is 0 Å². The maximum atomic E-state index is 12.7. The summed E-state index contributed by atoms with van der Waals surface area (Å²) < 4.78 is 29.8. The van der Waals surface area contributed by atoms with Crippen LogP contribution in [0, 0.1) is 0 Å². The number of carboxylic acid groups (broad SMARTS) is 1. The molecule has 0 N–H and O–H groups in total. The van der Waals surface area contributed by atoms with Crippen molar-refractivity contribution in [2.24, 2.45) is 0 Å². The fourth-order valence-electron chi connectivity index (χ4n) is 2.92. The van der Waals surface area contributed by atoms with Gasteiger partial charge in [0, 0.05) is 6.20 Å². The number of carboxylic acids is 1. The number of carbonyl (C=O) groups excluding carboxylic acids is 3. The van der Waals surface area contributed by atoms with Gasteiger partial charge in [0.05, 0.1) is 35.8 Å². The molecule has 3 heterocycles. The molecule has 12 heteroatoms. The number of aromatic nitrogens is 1. The molecule has 1 atom stereocenters. The maximum absolute atomic E-state index is 12.7. The van der Waals surface area contributed by atoms with E-state index in [1.165, 1.54) is 12.3 Å². The standard InChI is InChI=1S/C17H13ClN2O7S.Na/c1-27-17(24)12(18)6-9-8-28(25,26)15-11(7-10-4-2-3-5-19-10)14(21)20(15)13(9)16(22)23;/h2-7,15H,8H2,1H3,(H,22,23);/q;+1/p-1/b11-7-,12-6-;/t15-;/m1./s1. The third kappa shape index (κ3) is 4.31. The normalized spacial score (nSPS) is 21.8. The minimum Gasteiger partial charge on any atom is -0.543 e. The number of amides is 1. The van der Waals surface area contributed by atoms with Gasteiger partial charge in [-0.15, -0.1) is 0 Å². The van der Waals surface area contributed by atoms with E-state index in [1.54, 1.807) is 18.2 Å². The number of carbonyl (C=O) groups is 3. The molecular weight excluding hydrogens is 435 g/mol. The second kappa shape index (κ2) is 8.80. The van der Waals surface area contributed by atoms with Gasteiger partial charge in [-0.25, -0.2) is 13.2 Å². The molecule has 29 heavy (non-hydrogen) atoms. The molecule has 1 saturated heterocycles. The van der Waals surface area contributed by atoms with Crippen molar-refractivity contribution in [2.75, 3.05) is 12.9 Å². The summed E-state index contributed by atoms with van der Waals surface area (Å²) in [7, 11) is -2.97. The zero-order valence-electron chi connectivity index (χ0n) is 15.3. The van der Waals surface area contributed by atoms with E-state index in [0.717, 1.165) is 13.2 Å². The van der Waals surface area contributed by atoms with Gasteiger partial charge in [0.25, 0.3) is 5.91 Å². The molecule has 0 spiro atoms. The Bertz CT molecular complexity index is 1080. The number of hydrogen-bond acceptors (Lipinski definition) is 8. The minimum atomic E-state index is -4.01. The largest absolute Gasteiger partial charge is 1.00 e. The Labute approximate surface area is 192 Å². The Hall–Kier alpha value is -1.98. The molecular formula is C17H12ClN2NaO7S. The molecule has 0 radical (unpaired) electrons. The summed E-state index contributed by atoms with van der Waals surface area (Å²) in [6, 6.07) is 4.87. The molecule has 9 nitrogen and oxygen atoms in total. The van der Waals surface area contributed by atoms with Gasteiger partial charge in [-0.05, 0) is 29.9 Å². The van der Waals surface area contributed by atoms with E-state index in [4.69, 9.17) is 11.6 Å². The quantitative estimate of drug-likeness (QED) is 0.200. The third-order valence-electron chi connectivity index (χ3n) is 4.07. The van der Waals surface area contributed by atoms with Crippen molar-refractivity contribution >= 4 is 45.4 Å². The molecule has 0 aliphatic carbocycles. The average Bonchev–Trinajstić information content (AvgIpc) is 2.65. The number of pyridine rings is 1. The summed E-state index contributed by atoms with van der Waals surface area (Å²) in [4.78, 5) is 40.2. The minimum absolute atomic E-state index is 0. The molecule has 1 fully saturated rings. The fourth-order valence-corrected chi connectivity index (χ4v) is 5.02. The first kappa shape index (κ1) is 23.3. The van der Waals surface area contributed by atoms with Gasteiger partial charge in [0.15, 0.2) is 15.2 Å². The SMILES string of the molecule is COC(=O)/C(Cl)=C/C1=C(C(=O)[O-])N2C(=O)/C(=C/c3ccccn3)[C@H]2S(=O)(=O)C1.[Na+]. The topological polar surface area (TPSA) is 134 Å². The zero-order valence-corrected chi connectivity index (χ0v) is 18.9. The van der Waals surface area contributed by atoms with E-state index in [0.29, 0.717) is 10.6 Å². The number of rotatable bonds is 4. The van der Waals surface area contributed by atoms with Gasteiger partial charge in [0.1, 0.15) is 5.03 Å². The Balaban J connectivity index is 0.00000300. The number of aliphatic carboxylic acids is 1. The van der Waals surface area contributed by atoms with Gasteiger partial charge in [0.2, 0.25) is 0 Å². The summed E-state index contributed by atoms with van der Waals surface area (Å²) in [5.41, 5.74) is -0.777. The summed E-state index contributed by atoms with van der Waals surface area (Å²) in [6.07, 6.45) is 3.60. The average molecular weight is 447 g/mol. The van der Waals surface area contributed by atoms with Gasteiger partial charge in [-0.1, -0.05) is 17.7 Å². The van der Waals surface area contributed by atoms with Crippen LogP contribution in [-0.4, -0.2) is 54.4 Å². The molecule has 1 aromatic heterocycles. The van der Waals surface area contributed by atoms with Crippen LogP contribution in [0.3, 0.4) is 0 Å². The van der Waals surface area contributed by atoms with Gasteiger partial charge in [-0.3, -0.25) is 14.7 Å². The molecule has 0 bridgehead atoms. The molecule has 1 amide bonds. The van der Waals surface area contributed by atoms with E-state index in [9.17, 15) is 27.9 Å². The van der Waals surface area contributed by atoms with Crippen LogP contribution in [0.5, 0.6) is 0 Å². The molecule has 3 rings (SSSR count). The van der Waals surface area contributed by atoms with E-state index in [-0.39, 0.29) is 40.7 Å². The van der Waals surface area contributed by atoms with E-state index in [2.05, 4.69) is 9.72 Å². The molecule has 1 aromatic rings. The number of sulfone groups is 1. The van der Waals surface area contributed by atoms with Gasteiger partial charge < -0.3 is 14.6 Å². The summed E-state index contributed by atoms with van der Waals surface area (Å²) >= 11 is 5.72. The number of β-lactam (4-membered cyclic amide) rings is 1. The number of halogens is 1. The summed E-state index contributed by atoms with van der Waals surface area (Å²) in [5, 5.41) is 9.60. The monoisotopic (exact) mass is 446 g/mol. The molecule has 0 saturated carbocycles. The van der Waals surface area contributed by atoms with E-state index >= 15 is 0 Å². The van der Waals surface area contributed by atoms with Crippen LogP contribution in [0.1, 0.15) is 5.69 Å². The molecule has 0 unspecified atom stereocenters. The number of ether oxygens (including phenoxy) is 1. The van der Waals surface area contributed by atoms with E-state index < -0.39 is 49.5 Å². The van der Waals surface area contributed by atoms with Gasteiger partial charge >= 0.3 is 35.5 Å². The van der Waals surface area contributed by atoms with Crippen molar-refractivity contribution in [3.05, 3.63) is 58.0 Å². The predicted molar refractivity (Wildman–Crippen MR) is 94.6 cm³/mol. The fraction of sp³-hybridized carbons (Fsp3) is 0.176. The van der Waals surface area contributed by atoms with E-state index in [1.807, 2.05) is 0 Å². The first-order valence-electron chi connectivity index (χ1n) is 7.75. The van der Waals surface area contributed by atoms with Crippen LogP contribution >= 0.6 is 11.6 Å². The predicted octanol–water partition coefficient (Wildman–Crippen LogP) is -3.63. The maximum Gasteiger partial charge on any atom is 1.00 e. The Morgan fingerprint density at radius 3 is 2.62 bits per heavy atom. The first-order chi connectivity index (χ1) is 13.2. The van der Waals surface area contributed by atoms with Crippen LogP contribution in [0.15, 0.2) is 52.3 Å². The van der Waals surface area contributed by atoms with Crippen molar-refractivity contribution in [1.82, 2.24) is 9.88 Å². The number of nitrogens with zero attached hydrogens (tertiary/aromatic N) is 2. The number of methoxy groups -OCH3 is 1. The van der Waals surface area contributed by atoms with Crippen LogP contribution < -0.4 is 34.7 Å². The molecule has 2 aliphatic rings. The molecule has 146 valence electrons. The van der Waals surface area contributed by atoms with Crippen molar-refractivity contribution in [3.63, 3.8) is 0 Å². The second-order valence-electron chi connectivity index (χ2n) is 5.83. The Kier molecular flexibility index (Phi) is 7.07. The summed E-state index contributed by atoms with van der Waals surface area (Å²) in [6.45, 7) is 0. The van der Waals surface area contributed by atoms with Crippen LogP contribution in [0.25, 0.3) is 6.08 Å². The van der Waals surface area contributed by atoms with Crippen LogP contribution in [-0.2, 0) is 29.0 Å². The van der Waals surface area contributed by atoms with Crippen molar-refractivity contribution in [1.29, 1.82) is 0 Å². The third-order valence-corrected chi connectivity index (χ3v) is 6.20. The van der Waals surface area contributed by atoms with Crippen LogP contribution in [0.2, 0.25) is 0 Å².